The number of anilines is 1. The number of nitrogens with one attached hydrogen (secondary N) is 1. The highest BCUT2D eigenvalue weighted by molar-refractivity contribution is 7.99. The van der Waals surface area contributed by atoms with Crippen molar-refractivity contribution in [2.45, 2.75) is 11.3 Å². The first kappa shape index (κ1) is 15.6. The fourth-order valence-corrected chi connectivity index (χ4v) is 2.47. The van der Waals surface area contributed by atoms with Crippen LogP contribution in [0.4, 0.5) is 18.9 Å². The van der Waals surface area contributed by atoms with Crippen molar-refractivity contribution in [2.24, 2.45) is 0 Å². The highest BCUT2D eigenvalue weighted by Gasteiger charge is 2.31. The summed E-state index contributed by atoms with van der Waals surface area (Å²) in [6.45, 7) is 0.648. The molecule has 0 amide bonds. The molecule has 0 fully saturated rings. The van der Waals surface area contributed by atoms with Crippen LogP contribution >= 0.6 is 11.8 Å². The van der Waals surface area contributed by atoms with Gasteiger partial charge in [0.1, 0.15) is 5.75 Å². The maximum Gasteiger partial charge on any atom is 0.573 e. The summed E-state index contributed by atoms with van der Waals surface area (Å²) >= 11 is 1.68. The minimum atomic E-state index is -4.66. The summed E-state index contributed by atoms with van der Waals surface area (Å²) in [5.41, 5.74) is 0.602. The van der Waals surface area contributed by atoms with Gasteiger partial charge in [0.2, 0.25) is 0 Å². The Hall–Kier alpha value is -1.82. The second-order valence-electron chi connectivity index (χ2n) is 4.16. The lowest BCUT2D eigenvalue weighted by molar-refractivity contribution is -0.274. The Morgan fingerprint density at radius 1 is 1.00 bits per heavy atom. The molecule has 0 aliphatic rings. The molecule has 0 spiro atoms. The lowest BCUT2D eigenvalue weighted by Gasteiger charge is -2.11. The monoisotopic (exact) mass is 313 g/mol. The number of hydrogen-bond acceptors (Lipinski definition) is 3. The van der Waals surface area contributed by atoms with E-state index >= 15 is 0 Å². The third kappa shape index (κ3) is 5.99. The average Bonchev–Trinajstić information content (AvgIpc) is 2.43. The normalized spacial score (nSPS) is 11.2. The number of hydrogen-bond donors (Lipinski definition) is 1. The molecule has 0 aromatic heterocycles. The number of benzene rings is 2. The molecule has 0 saturated heterocycles. The van der Waals surface area contributed by atoms with Crippen LogP contribution in [0.3, 0.4) is 0 Å². The predicted octanol–water partition coefficient (Wildman–Crippen LogP) is 4.79. The van der Waals surface area contributed by atoms with Crippen LogP contribution in [0.25, 0.3) is 0 Å². The summed E-state index contributed by atoms with van der Waals surface area (Å²) in [7, 11) is 0. The second-order valence-corrected chi connectivity index (χ2v) is 5.33. The van der Waals surface area contributed by atoms with E-state index in [0.29, 0.717) is 12.2 Å². The van der Waals surface area contributed by atoms with Crippen molar-refractivity contribution in [3.63, 3.8) is 0 Å². The van der Waals surface area contributed by atoms with E-state index in [-0.39, 0.29) is 5.75 Å². The summed E-state index contributed by atoms with van der Waals surface area (Å²) in [5.74, 6) is 0.595. The van der Waals surface area contributed by atoms with Crippen LogP contribution < -0.4 is 10.1 Å². The van der Waals surface area contributed by atoms with Gasteiger partial charge in [-0.2, -0.15) is 0 Å². The molecule has 2 aromatic carbocycles. The van der Waals surface area contributed by atoms with Gasteiger partial charge in [0, 0.05) is 28.9 Å². The molecule has 0 unspecified atom stereocenters. The highest BCUT2D eigenvalue weighted by Crippen LogP contribution is 2.25. The van der Waals surface area contributed by atoms with E-state index in [0.717, 1.165) is 10.6 Å². The molecule has 2 nitrogen and oxygen atoms in total. The molecule has 112 valence electrons. The first-order valence-electron chi connectivity index (χ1n) is 6.30. The van der Waals surface area contributed by atoms with Crippen molar-refractivity contribution in [3.05, 3.63) is 54.6 Å². The van der Waals surface area contributed by atoms with E-state index in [9.17, 15) is 13.2 Å². The van der Waals surface area contributed by atoms with E-state index in [1.165, 1.54) is 18.2 Å². The van der Waals surface area contributed by atoms with Gasteiger partial charge in [-0.05, 0) is 24.3 Å². The minimum absolute atomic E-state index is 0.219. The van der Waals surface area contributed by atoms with Gasteiger partial charge >= 0.3 is 6.36 Å². The molecule has 0 saturated carbocycles. The SMILES string of the molecule is FC(F)(F)Oc1cccc(NCCSc2ccccc2)c1. The Bertz CT molecular complexity index is 560. The molecular weight excluding hydrogens is 299 g/mol. The topological polar surface area (TPSA) is 21.3 Å². The molecule has 21 heavy (non-hydrogen) atoms. The molecule has 0 aliphatic heterocycles. The van der Waals surface area contributed by atoms with Crippen molar-refractivity contribution in [1.29, 1.82) is 0 Å². The predicted molar refractivity (Wildman–Crippen MR) is 78.8 cm³/mol. The Morgan fingerprint density at radius 3 is 2.48 bits per heavy atom. The fraction of sp³-hybridized carbons (Fsp3) is 0.200. The molecule has 0 bridgehead atoms. The maximum absolute atomic E-state index is 12.1. The van der Waals surface area contributed by atoms with Gasteiger partial charge in [0.15, 0.2) is 0 Å². The van der Waals surface area contributed by atoms with Crippen LogP contribution in [0.5, 0.6) is 5.75 Å². The van der Waals surface area contributed by atoms with Gasteiger partial charge in [-0.15, -0.1) is 24.9 Å². The van der Waals surface area contributed by atoms with E-state index in [1.54, 1.807) is 17.8 Å². The van der Waals surface area contributed by atoms with Crippen molar-refractivity contribution >= 4 is 17.4 Å². The van der Waals surface area contributed by atoms with Gasteiger partial charge < -0.3 is 10.1 Å². The van der Waals surface area contributed by atoms with Crippen molar-refractivity contribution in [3.8, 4) is 5.75 Å². The molecule has 0 radical (unpaired) electrons. The quantitative estimate of drug-likeness (QED) is 0.612. The summed E-state index contributed by atoms with van der Waals surface area (Å²) in [6, 6.07) is 15.8. The summed E-state index contributed by atoms with van der Waals surface area (Å²) in [6.07, 6.45) is -4.66. The first-order chi connectivity index (χ1) is 10.0. The molecule has 6 heteroatoms. The van der Waals surface area contributed by atoms with Crippen LogP contribution in [-0.2, 0) is 0 Å². The highest BCUT2D eigenvalue weighted by atomic mass is 32.2. The standard InChI is InChI=1S/C15H14F3NOS/c16-15(17,18)20-13-6-4-5-12(11-13)19-9-10-21-14-7-2-1-3-8-14/h1-8,11,19H,9-10H2. The minimum Gasteiger partial charge on any atom is -0.406 e. The van der Waals surface area contributed by atoms with Gasteiger partial charge in [0.25, 0.3) is 0 Å². The Morgan fingerprint density at radius 2 is 1.76 bits per heavy atom. The number of alkyl halides is 3. The van der Waals surface area contributed by atoms with Crippen LogP contribution in [0.2, 0.25) is 0 Å². The Balaban J connectivity index is 1.79. The van der Waals surface area contributed by atoms with E-state index in [1.807, 2.05) is 30.3 Å². The van der Waals surface area contributed by atoms with Crippen LogP contribution in [0, 0.1) is 0 Å². The largest absolute Gasteiger partial charge is 0.573 e. The molecular formula is C15H14F3NOS. The van der Waals surface area contributed by atoms with E-state index in [2.05, 4.69) is 10.1 Å². The van der Waals surface area contributed by atoms with Crippen LogP contribution in [0.15, 0.2) is 59.5 Å². The van der Waals surface area contributed by atoms with Crippen LogP contribution in [-0.4, -0.2) is 18.7 Å². The molecule has 2 rings (SSSR count). The van der Waals surface area contributed by atoms with Crippen molar-refractivity contribution in [1.82, 2.24) is 0 Å². The summed E-state index contributed by atoms with van der Waals surface area (Å²) in [4.78, 5) is 1.16. The number of halogens is 3. The van der Waals surface area contributed by atoms with Gasteiger partial charge in [0.05, 0.1) is 0 Å². The fourth-order valence-electron chi connectivity index (χ4n) is 1.68. The zero-order valence-corrected chi connectivity index (χ0v) is 11.9. The van der Waals surface area contributed by atoms with Gasteiger partial charge in [-0.25, -0.2) is 0 Å². The van der Waals surface area contributed by atoms with Gasteiger partial charge in [-0.3, -0.25) is 0 Å². The van der Waals surface area contributed by atoms with E-state index in [4.69, 9.17) is 0 Å². The second kappa shape index (κ2) is 7.26. The molecule has 0 atom stereocenters. The third-order valence-electron chi connectivity index (χ3n) is 2.51. The van der Waals surface area contributed by atoms with Crippen LogP contribution in [0.1, 0.15) is 0 Å². The summed E-state index contributed by atoms with van der Waals surface area (Å²) < 4.78 is 40.2. The van der Waals surface area contributed by atoms with Crippen molar-refractivity contribution < 1.29 is 17.9 Å². The van der Waals surface area contributed by atoms with Gasteiger partial charge in [-0.1, -0.05) is 24.3 Å². The van der Waals surface area contributed by atoms with E-state index < -0.39 is 6.36 Å². The molecule has 2 aromatic rings. The lowest BCUT2D eigenvalue weighted by atomic mass is 10.3. The molecule has 0 heterocycles. The first-order valence-corrected chi connectivity index (χ1v) is 7.29. The molecule has 1 N–H and O–H groups in total. The zero-order chi connectivity index (χ0) is 15.1. The van der Waals surface area contributed by atoms with Crippen molar-refractivity contribution in [2.75, 3.05) is 17.6 Å². The number of ether oxygens (including phenoxy) is 1. The average molecular weight is 313 g/mol. The third-order valence-corrected chi connectivity index (χ3v) is 3.52. The Kier molecular flexibility index (Phi) is 5.38. The smallest absolute Gasteiger partial charge is 0.406 e. The Labute approximate surface area is 125 Å². The lowest BCUT2D eigenvalue weighted by Crippen LogP contribution is -2.17. The number of rotatable bonds is 6. The zero-order valence-electron chi connectivity index (χ0n) is 11.1. The molecule has 0 aliphatic carbocycles. The maximum atomic E-state index is 12.1. The number of thioether (sulfide) groups is 1. The summed E-state index contributed by atoms with van der Waals surface area (Å²) in [5, 5.41) is 3.07.